The maximum atomic E-state index is 11.0. The van der Waals surface area contributed by atoms with Crippen molar-refractivity contribution in [3.05, 3.63) is 33.9 Å². The van der Waals surface area contributed by atoms with Crippen molar-refractivity contribution in [2.24, 2.45) is 0 Å². The van der Waals surface area contributed by atoms with Crippen LogP contribution < -0.4 is 5.32 Å². The van der Waals surface area contributed by atoms with E-state index in [1.54, 1.807) is 12.1 Å². The van der Waals surface area contributed by atoms with Crippen LogP contribution in [0.1, 0.15) is 24.8 Å². The predicted octanol–water partition coefficient (Wildman–Crippen LogP) is 2.80. The number of hydrogen-bond donors (Lipinski definition) is 1. The van der Waals surface area contributed by atoms with Crippen LogP contribution in [0.3, 0.4) is 0 Å². The molecule has 0 aliphatic carbocycles. The van der Waals surface area contributed by atoms with Crippen LogP contribution >= 0.6 is 0 Å². The summed E-state index contributed by atoms with van der Waals surface area (Å²) in [5, 5.41) is 14.2. The number of nitrogens with zero attached hydrogens (tertiary/aromatic N) is 2. The number of likely N-dealkylation sites (tertiary alicyclic amines) is 1. The second-order valence-corrected chi connectivity index (χ2v) is 5.11. The molecule has 2 rings (SSSR count). The predicted molar refractivity (Wildman–Crippen MR) is 76.6 cm³/mol. The lowest BCUT2D eigenvalue weighted by Crippen LogP contribution is -2.33. The van der Waals surface area contributed by atoms with Gasteiger partial charge in [-0.3, -0.25) is 10.1 Å². The molecule has 5 nitrogen and oxygen atoms in total. The monoisotopic (exact) mass is 263 g/mol. The van der Waals surface area contributed by atoms with Crippen LogP contribution in [-0.4, -0.2) is 36.0 Å². The minimum absolute atomic E-state index is 0.165. The van der Waals surface area contributed by atoms with Gasteiger partial charge in [-0.1, -0.05) is 12.5 Å². The number of nitro groups is 1. The second kappa shape index (κ2) is 6.52. The zero-order chi connectivity index (χ0) is 13.7. The Balaban J connectivity index is 1.89. The number of nitro benzene ring substituents is 1. The molecule has 1 aliphatic heterocycles. The number of rotatable bonds is 5. The number of piperidine rings is 1. The minimum atomic E-state index is -0.323. The molecule has 19 heavy (non-hydrogen) atoms. The lowest BCUT2D eigenvalue weighted by atomic mass is 10.1. The largest absolute Gasteiger partial charge is 0.378 e. The molecule has 1 N–H and O–H groups in total. The zero-order valence-corrected chi connectivity index (χ0v) is 11.4. The standard InChI is InChI=1S/C14H21N3O2/c1-12-5-6-13(14(11-12)17(18)19)15-7-10-16-8-3-2-4-9-16/h5-6,11,15H,2-4,7-10H2,1H3. The molecule has 1 saturated heterocycles. The molecule has 0 unspecified atom stereocenters. The first kappa shape index (κ1) is 13.8. The summed E-state index contributed by atoms with van der Waals surface area (Å²) < 4.78 is 0. The zero-order valence-electron chi connectivity index (χ0n) is 11.4. The third-order valence-corrected chi connectivity index (χ3v) is 3.54. The van der Waals surface area contributed by atoms with E-state index in [0.717, 1.165) is 31.7 Å². The van der Waals surface area contributed by atoms with Crippen LogP contribution in [0.15, 0.2) is 18.2 Å². The van der Waals surface area contributed by atoms with Gasteiger partial charge in [0.05, 0.1) is 4.92 Å². The third kappa shape index (κ3) is 3.92. The van der Waals surface area contributed by atoms with E-state index in [1.165, 1.54) is 19.3 Å². The Labute approximate surface area is 113 Å². The number of nitrogens with one attached hydrogen (secondary N) is 1. The van der Waals surface area contributed by atoms with Crippen molar-refractivity contribution >= 4 is 11.4 Å². The molecule has 5 heteroatoms. The van der Waals surface area contributed by atoms with E-state index in [0.29, 0.717) is 5.69 Å². The summed E-state index contributed by atoms with van der Waals surface area (Å²) in [6, 6.07) is 5.31. The van der Waals surface area contributed by atoms with E-state index in [-0.39, 0.29) is 10.6 Å². The van der Waals surface area contributed by atoms with E-state index >= 15 is 0 Å². The lowest BCUT2D eigenvalue weighted by Gasteiger charge is -2.26. The molecule has 0 amide bonds. The Bertz CT molecular complexity index is 442. The van der Waals surface area contributed by atoms with Crippen LogP contribution in [0.2, 0.25) is 0 Å². The van der Waals surface area contributed by atoms with Gasteiger partial charge in [-0.2, -0.15) is 0 Å². The molecule has 1 aromatic rings. The van der Waals surface area contributed by atoms with E-state index in [4.69, 9.17) is 0 Å². The number of aryl methyl sites for hydroxylation is 1. The van der Waals surface area contributed by atoms with Crippen molar-refractivity contribution in [3.8, 4) is 0 Å². The molecule has 0 atom stereocenters. The average molecular weight is 263 g/mol. The maximum Gasteiger partial charge on any atom is 0.292 e. The molecule has 0 spiro atoms. The Morgan fingerprint density at radius 3 is 2.74 bits per heavy atom. The molecule has 1 aliphatic rings. The van der Waals surface area contributed by atoms with Gasteiger partial charge in [0.25, 0.3) is 5.69 Å². The minimum Gasteiger partial charge on any atom is -0.378 e. The molecular weight excluding hydrogens is 242 g/mol. The van der Waals surface area contributed by atoms with Crippen molar-refractivity contribution in [2.75, 3.05) is 31.5 Å². The summed E-state index contributed by atoms with van der Waals surface area (Å²) in [5.74, 6) is 0. The highest BCUT2D eigenvalue weighted by Gasteiger charge is 2.14. The molecule has 0 saturated carbocycles. The average Bonchev–Trinajstić information content (AvgIpc) is 2.41. The first-order chi connectivity index (χ1) is 9.16. The van der Waals surface area contributed by atoms with Gasteiger partial charge in [-0.05, 0) is 44.5 Å². The quantitative estimate of drug-likeness (QED) is 0.655. The van der Waals surface area contributed by atoms with Crippen molar-refractivity contribution in [1.82, 2.24) is 4.90 Å². The van der Waals surface area contributed by atoms with Crippen molar-refractivity contribution < 1.29 is 4.92 Å². The summed E-state index contributed by atoms with van der Waals surface area (Å²) in [7, 11) is 0. The number of hydrogen-bond acceptors (Lipinski definition) is 4. The van der Waals surface area contributed by atoms with Gasteiger partial charge in [0.1, 0.15) is 5.69 Å². The van der Waals surface area contributed by atoms with Gasteiger partial charge >= 0.3 is 0 Å². The molecular formula is C14H21N3O2. The highest BCUT2D eigenvalue weighted by Crippen LogP contribution is 2.25. The van der Waals surface area contributed by atoms with Crippen LogP contribution in [-0.2, 0) is 0 Å². The van der Waals surface area contributed by atoms with Crippen LogP contribution in [0.25, 0.3) is 0 Å². The summed E-state index contributed by atoms with van der Waals surface area (Å²) in [5.41, 5.74) is 1.69. The summed E-state index contributed by atoms with van der Waals surface area (Å²) >= 11 is 0. The number of benzene rings is 1. The first-order valence-corrected chi connectivity index (χ1v) is 6.88. The normalized spacial score (nSPS) is 16.3. The fourth-order valence-electron chi connectivity index (χ4n) is 2.47. The first-order valence-electron chi connectivity index (χ1n) is 6.88. The topological polar surface area (TPSA) is 58.4 Å². The smallest absolute Gasteiger partial charge is 0.292 e. The highest BCUT2D eigenvalue weighted by atomic mass is 16.6. The fourth-order valence-corrected chi connectivity index (χ4v) is 2.47. The van der Waals surface area contributed by atoms with Gasteiger partial charge in [0.15, 0.2) is 0 Å². The Kier molecular flexibility index (Phi) is 4.74. The molecule has 0 bridgehead atoms. The van der Waals surface area contributed by atoms with Gasteiger partial charge in [0.2, 0.25) is 0 Å². The molecule has 1 aromatic carbocycles. The van der Waals surface area contributed by atoms with E-state index < -0.39 is 0 Å². The molecule has 1 heterocycles. The maximum absolute atomic E-state index is 11.0. The summed E-state index contributed by atoms with van der Waals surface area (Å²) in [4.78, 5) is 13.1. The number of anilines is 1. The van der Waals surface area contributed by atoms with Crippen LogP contribution in [0.4, 0.5) is 11.4 Å². The summed E-state index contributed by atoms with van der Waals surface area (Å²) in [6.45, 7) is 5.87. The van der Waals surface area contributed by atoms with Crippen LogP contribution in [0, 0.1) is 17.0 Å². The Hall–Kier alpha value is -1.62. The van der Waals surface area contributed by atoms with Gasteiger partial charge in [-0.15, -0.1) is 0 Å². The SMILES string of the molecule is Cc1ccc(NCCN2CCCCC2)c([N+](=O)[O-])c1. The lowest BCUT2D eigenvalue weighted by molar-refractivity contribution is -0.384. The van der Waals surface area contributed by atoms with Gasteiger partial charge in [0, 0.05) is 19.2 Å². The van der Waals surface area contributed by atoms with Crippen molar-refractivity contribution in [3.63, 3.8) is 0 Å². The Morgan fingerprint density at radius 2 is 2.05 bits per heavy atom. The fraction of sp³-hybridized carbons (Fsp3) is 0.571. The molecule has 1 fully saturated rings. The Morgan fingerprint density at radius 1 is 1.32 bits per heavy atom. The van der Waals surface area contributed by atoms with E-state index in [1.807, 2.05) is 13.0 Å². The summed E-state index contributed by atoms with van der Waals surface area (Å²) in [6.07, 6.45) is 3.86. The van der Waals surface area contributed by atoms with Gasteiger partial charge in [-0.25, -0.2) is 0 Å². The van der Waals surface area contributed by atoms with Crippen molar-refractivity contribution in [2.45, 2.75) is 26.2 Å². The highest BCUT2D eigenvalue weighted by molar-refractivity contribution is 5.62. The van der Waals surface area contributed by atoms with E-state index in [2.05, 4.69) is 10.2 Å². The van der Waals surface area contributed by atoms with Crippen molar-refractivity contribution in [1.29, 1.82) is 0 Å². The molecule has 104 valence electrons. The van der Waals surface area contributed by atoms with E-state index in [9.17, 15) is 10.1 Å². The van der Waals surface area contributed by atoms with Crippen LogP contribution in [0.5, 0.6) is 0 Å². The third-order valence-electron chi connectivity index (χ3n) is 3.54. The molecule has 0 aromatic heterocycles. The molecule has 0 radical (unpaired) electrons. The van der Waals surface area contributed by atoms with Gasteiger partial charge < -0.3 is 10.2 Å². The second-order valence-electron chi connectivity index (χ2n) is 5.11.